The van der Waals surface area contributed by atoms with E-state index in [0.717, 1.165) is 38.8 Å². The van der Waals surface area contributed by atoms with Crippen LogP contribution in [0.3, 0.4) is 0 Å². The molecule has 6 nitrogen and oxygen atoms in total. The van der Waals surface area contributed by atoms with E-state index in [1.165, 1.54) is 12.8 Å². The molecule has 0 amide bonds. The van der Waals surface area contributed by atoms with Crippen molar-refractivity contribution >= 4 is 11.9 Å². The van der Waals surface area contributed by atoms with E-state index >= 15 is 0 Å². The third-order valence-electron chi connectivity index (χ3n) is 4.46. The molecular weight excluding hydrogens is 284 g/mol. The molecule has 0 aliphatic carbocycles. The third kappa shape index (κ3) is 5.25. The summed E-state index contributed by atoms with van der Waals surface area (Å²) < 4.78 is 0. The first-order valence-corrected chi connectivity index (χ1v) is 8.51. The summed E-state index contributed by atoms with van der Waals surface area (Å²) in [6.45, 7) is 5.67. The molecule has 2 aliphatic rings. The van der Waals surface area contributed by atoms with Crippen LogP contribution in [-0.4, -0.2) is 47.2 Å². The quantitative estimate of drug-likeness (QED) is 0.777. The van der Waals surface area contributed by atoms with E-state index in [2.05, 4.69) is 13.8 Å². The summed E-state index contributed by atoms with van der Waals surface area (Å²) in [4.78, 5) is 34.3. The maximum absolute atomic E-state index is 11.8. The van der Waals surface area contributed by atoms with Gasteiger partial charge < -0.3 is 9.68 Å². The highest BCUT2D eigenvalue weighted by molar-refractivity contribution is 5.77. The summed E-state index contributed by atoms with van der Waals surface area (Å²) in [6, 6.07) is 0.526. The van der Waals surface area contributed by atoms with Gasteiger partial charge >= 0.3 is 11.9 Å². The van der Waals surface area contributed by atoms with Crippen LogP contribution >= 0.6 is 0 Å². The van der Waals surface area contributed by atoms with Crippen LogP contribution in [0.5, 0.6) is 0 Å². The van der Waals surface area contributed by atoms with Gasteiger partial charge in [-0.25, -0.2) is 0 Å². The van der Waals surface area contributed by atoms with E-state index < -0.39 is 0 Å². The molecule has 0 radical (unpaired) electrons. The second-order valence-corrected chi connectivity index (χ2v) is 6.40. The van der Waals surface area contributed by atoms with Crippen LogP contribution in [0.1, 0.15) is 65.2 Å². The van der Waals surface area contributed by atoms with Crippen LogP contribution in [0.15, 0.2) is 0 Å². The van der Waals surface area contributed by atoms with E-state index in [-0.39, 0.29) is 36.9 Å². The summed E-state index contributed by atoms with van der Waals surface area (Å²) >= 11 is 0. The molecule has 6 heteroatoms. The van der Waals surface area contributed by atoms with Crippen molar-refractivity contribution in [1.29, 1.82) is 0 Å². The van der Waals surface area contributed by atoms with Gasteiger partial charge in [0.15, 0.2) is 0 Å². The molecule has 2 aliphatic heterocycles. The van der Waals surface area contributed by atoms with E-state index in [1.54, 1.807) is 10.1 Å². The molecule has 2 rings (SSSR count). The predicted molar refractivity (Wildman–Crippen MR) is 81.5 cm³/mol. The number of carbonyl (C=O) groups is 2. The van der Waals surface area contributed by atoms with Crippen molar-refractivity contribution in [2.45, 2.75) is 77.3 Å². The minimum atomic E-state index is -0.350. The highest BCUT2D eigenvalue weighted by Crippen LogP contribution is 2.18. The summed E-state index contributed by atoms with van der Waals surface area (Å²) in [5.41, 5.74) is 0. The lowest BCUT2D eigenvalue weighted by Gasteiger charge is -2.31. The Morgan fingerprint density at radius 2 is 1.23 bits per heavy atom. The van der Waals surface area contributed by atoms with Crippen molar-refractivity contribution in [3.05, 3.63) is 0 Å². The Morgan fingerprint density at radius 1 is 0.818 bits per heavy atom. The second kappa shape index (κ2) is 8.48. The largest absolute Gasteiger partial charge is 0.368 e. The number of piperidine rings is 2. The normalized spacial score (nSPS) is 27.4. The van der Waals surface area contributed by atoms with Gasteiger partial charge in [0.05, 0.1) is 12.8 Å². The fourth-order valence-corrected chi connectivity index (χ4v) is 2.97. The summed E-state index contributed by atoms with van der Waals surface area (Å²) in [5.74, 6) is -0.699. The fourth-order valence-electron chi connectivity index (χ4n) is 2.97. The summed E-state index contributed by atoms with van der Waals surface area (Å²) in [5, 5.41) is 3.48. The molecule has 0 bridgehead atoms. The Hall–Kier alpha value is -1.14. The molecule has 0 aromatic rings. The van der Waals surface area contributed by atoms with Gasteiger partial charge in [0.25, 0.3) is 0 Å². The lowest BCUT2D eigenvalue weighted by atomic mass is 10.1. The third-order valence-corrected chi connectivity index (χ3v) is 4.46. The highest BCUT2D eigenvalue weighted by atomic mass is 16.7. The maximum Gasteiger partial charge on any atom is 0.325 e. The van der Waals surface area contributed by atoms with E-state index in [4.69, 9.17) is 9.68 Å². The van der Waals surface area contributed by atoms with Crippen LogP contribution in [0, 0.1) is 0 Å². The zero-order valence-electron chi connectivity index (χ0n) is 13.8. The van der Waals surface area contributed by atoms with Gasteiger partial charge in [-0.2, -0.15) is 0 Å². The summed E-state index contributed by atoms with van der Waals surface area (Å²) in [7, 11) is 0. The van der Waals surface area contributed by atoms with Crippen LogP contribution in [0.2, 0.25) is 0 Å². The Kier molecular flexibility index (Phi) is 6.64. The first-order chi connectivity index (χ1) is 10.6. The number of hydrogen-bond acceptors (Lipinski definition) is 6. The first kappa shape index (κ1) is 17.2. The molecule has 0 N–H and O–H groups in total. The van der Waals surface area contributed by atoms with Crippen molar-refractivity contribution in [3.8, 4) is 0 Å². The topological polar surface area (TPSA) is 59.1 Å². The van der Waals surface area contributed by atoms with Crippen LogP contribution in [0.25, 0.3) is 0 Å². The van der Waals surface area contributed by atoms with E-state index in [0.29, 0.717) is 0 Å². The molecule has 22 heavy (non-hydrogen) atoms. The molecular formula is C16H28N2O4. The molecule has 0 saturated carbocycles. The van der Waals surface area contributed by atoms with Crippen molar-refractivity contribution < 1.29 is 19.3 Å². The first-order valence-electron chi connectivity index (χ1n) is 8.51. The van der Waals surface area contributed by atoms with Crippen molar-refractivity contribution in [2.24, 2.45) is 0 Å². The molecule has 0 aromatic heterocycles. The monoisotopic (exact) mass is 312 g/mol. The van der Waals surface area contributed by atoms with Crippen LogP contribution < -0.4 is 0 Å². The standard InChI is InChI=1S/C16H28N2O4/c1-13-7-3-5-11-17(13)21-15(19)9-10-16(20)22-18-12-6-4-8-14(18)2/h13-14H,3-12H2,1-2H3. The number of carbonyl (C=O) groups excluding carboxylic acids is 2. The molecule has 0 spiro atoms. The van der Waals surface area contributed by atoms with Gasteiger partial charge in [0.1, 0.15) is 0 Å². The van der Waals surface area contributed by atoms with Gasteiger partial charge in [0.2, 0.25) is 0 Å². The van der Waals surface area contributed by atoms with Gasteiger partial charge in [-0.15, -0.1) is 10.1 Å². The minimum Gasteiger partial charge on any atom is -0.368 e. The van der Waals surface area contributed by atoms with Crippen LogP contribution in [0.4, 0.5) is 0 Å². The predicted octanol–water partition coefficient (Wildman–Crippen LogP) is 2.43. The zero-order chi connectivity index (χ0) is 15.9. The van der Waals surface area contributed by atoms with Gasteiger partial charge in [-0.05, 0) is 39.5 Å². The van der Waals surface area contributed by atoms with Gasteiger partial charge in [-0.1, -0.05) is 12.8 Å². The van der Waals surface area contributed by atoms with Crippen molar-refractivity contribution in [2.75, 3.05) is 13.1 Å². The van der Waals surface area contributed by atoms with Crippen molar-refractivity contribution in [3.63, 3.8) is 0 Å². The maximum atomic E-state index is 11.8. The number of rotatable bonds is 5. The molecule has 2 saturated heterocycles. The molecule has 0 aromatic carbocycles. The smallest absolute Gasteiger partial charge is 0.325 e. The number of nitrogens with zero attached hydrogens (tertiary/aromatic N) is 2. The van der Waals surface area contributed by atoms with Gasteiger partial charge in [-0.3, -0.25) is 9.59 Å². The van der Waals surface area contributed by atoms with Crippen molar-refractivity contribution in [1.82, 2.24) is 10.1 Å². The molecule has 126 valence electrons. The van der Waals surface area contributed by atoms with E-state index in [9.17, 15) is 9.59 Å². The lowest BCUT2D eigenvalue weighted by Crippen LogP contribution is -2.40. The second-order valence-electron chi connectivity index (χ2n) is 6.40. The summed E-state index contributed by atoms with van der Waals surface area (Å²) in [6.07, 6.45) is 6.68. The Balaban J connectivity index is 1.65. The Bertz CT molecular complexity index is 352. The molecule has 2 fully saturated rings. The average Bonchev–Trinajstić information content (AvgIpc) is 2.50. The fraction of sp³-hybridized carbons (Fsp3) is 0.875. The highest BCUT2D eigenvalue weighted by Gasteiger charge is 2.24. The Morgan fingerprint density at radius 3 is 1.59 bits per heavy atom. The zero-order valence-corrected chi connectivity index (χ0v) is 13.8. The lowest BCUT2D eigenvalue weighted by molar-refractivity contribution is -0.212. The number of hydrogen-bond donors (Lipinski definition) is 0. The molecule has 2 unspecified atom stereocenters. The molecule has 2 heterocycles. The average molecular weight is 312 g/mol. The Labute approximate surface area is 132 Å². The van der Waals surface area contributed by atoms with Crippen LogP contribution in [-0.2, 0) is 19.3 Å². The SMILES string of the molecule is CC1CCCCN1OC(=O)CCC(=O)ON1CCCCC1C. The minimum absolute atomic E-state index is 0.0737. The van der Waals surface area contributed by atoms with E-state index in [1.807, 2.05) is 0 Å². The molecule has 2 atom stereocenters. The number of hydroxylamine groups is 4. The van der Waals surface area contributed by atoms with Gasteiger partial charge in [0, 0.05) is 25.2 Å².